The third kappa shape index (κ3) is 6.97. The minimum atomic E-state index is -2.17. The summed E-state index contributed by atoms with van der Waals surface area (Å²) < 4.78 is 30.7. The molecule has 0 heterocycles. The molecule has 0 aliphatic heterocycles. The Morgan fingerprint density at radius 2 is 1.13 bits per heavy atom. The molecule has 0 N–H and O–H groups in total. The van der Waals surface area contributed by atoms with Gasteiger partial charge >= 0.3 is 0 Å². The summed E-state index contributed by atoms with van der Waals surface area (Å²) in [4.78, 5) is 0. The van der Waals surface area contributed by atoms with Crippen LogP contribution in [-0.2, 0) is 6.42 Å². The summed E-state index contributed by atoms with van der Waals surface area (Å²) in [6.07, 6.45) is 5.02. The van der Waals surface area contributed by atoms with Gasteiger partial charge in [0.1, 0.15) is 5.75 Å². The van der Waals surface area contributed by atoms with Crippen molar-refractivity contribution in [3.8, 4) is 28.7 Å². The van der Waals surface area contributed by atoms with Crippen LogP contribution in [0, 0.1) is 0 Å². The third-order valence-electron chi connectivity index (χ3n) is 8.07. The molecule has 0 fully saturated rings. The average Bonchev–Trinajstić information content (AvgIpc) is 2.81. The molecule has 0 amide bonds. The van der Waals surface area contributed by atoms with Gasteiger partial charge in [-0.1, -0.05) is 72.8 Å². The molecule has 0 unspecified atom stereocenters. The van der Waals surface area contributed by atoms with Crippen LogP contribution < -0.4 is 23.1 Å². The number of methoxy groups -OCH3 is 3. The van der Waals surface area contributed by atoms with E-state index in [1.807, 2.05) is 12.1 Å². The summed E-state index contributed by atoms with van der Waals surface area (Å²) in [5.41, 5.74) is 3.10. The van der Waals surface area contributed by atoms with E-state index in [1.54, 1.807) is 21.3 Å². The topological polar surface area (TPSA) is 46.2 Å². The van der Waals surface area contributed by atoms with Crippen LogP contribution in [0.5, 0.6) is 28.7 Å². The Bertz CT molecular complexity index is 1110. The van der Waals surface area contributed by atoms with Crippen molar-refractivity contribution in [2.75, 3.05) is 21.3 Å². The second-order valence-corrected chi connectivity index (χ2v) is 22.3. The number of aryl methyl sites for hydroxylation is 1. The second-order valence-electron chi connectivity index (χ2n) is 12.8. The highest BCUT2D eigenvalue weighted by atomic mass is 28.4. The van der Waals surface area contributed by atoms with Crippen molar-refractivity contribution in [2.45, 2.75) is 91.2 Å². The van der Waals surface area contributed by atoms with E-state index in [2.05, 4.69) is 98.9 Å². The number of ether oxygens (including phenoxy) is 3. The van der Waals surface area contributed by atoms with E-state index in [4.69, 9.17) is 23.1 Å². The van der Waals surface area contributed by atoms with E-state index < -0.39 is 16.6 Å². The van der Waals surface area contributed by atoms with Crippen LogP contribution in [0.3, 0.4) is 0 Å². The Labute approximate surface area is 233 Å². The van der Waals surface area contributed by atoms with Crippen molar-refractivity contribution in [1.82, 2.24) is 0 Å². The second kappa shape index (κ2) is 11.8. The molecule has 2 aromatic carbocycles. The fraction of sp³-hybridized carbons (Fsp3) is 0.548. The smallest absolute Gasteiger partial charge is 0.250 e. The highest BCUT2D eigenvalue weighted by Gasteiger charge is 2.43. The molecule has 212 valence electrons. The fourth-order valence-electron chi connectivity index (χ4n) is 3.45. The van der Waals surface area contributed by atoms with Gasteiger partial charge in [0.25, 0.3) is 16.6 Å². The molecule has 7 heteroatoms. The third-order valence-corrected chi connectivity index (χ3v) is 16.7. The van der Waals surface area contributed by atoms with Gasteiger partial charge in [0.15, 0.2) is 17.2 Å². The molecule has 0 saturated carbocycles. The van der Waals surface area contributed by atoms with Crippen molar-refractivity contribution in [2.24, 2.45) is 0 Å². The minimum absolute atomic E-state index is 0.0428. The molecule has 2 aromatic rings. The SMILES string of the molecule is CCc1ccc(C=Cc2cc(OC)c(OC)c(OC)c2)c(O[Si](C)(C)C(C)(C)C)c1O[Si](C)(C)C(C)(C)C. The van der Waals surface area contributed by atoms with Crippen LogP contribution in [0.1, 0.15) is 65.2 Å². The van der Waals surface area contributed by atoms with Gasteiger partial charge in [-0.2, -0.15) is 0 Å². The minimum Gasteiger partial charge on any atom is -0.541 e. The van der Waals surface area contributed by atoms with Crippen LogP contribution in [-0.4, -0.2) is 38.0 Å². The quantitative estimate of drug-likeness (QED) is 0.215. The lowest BCUT2D eigenvalue weighted by Gasteiger charge is -2.40. The molecule has 0 aliphatic carbocycles. The molecule has 5 nitrogen and oxygen atoms in total. The summed E-state index contributed by atoms with van der Waals surface area (Å²) in [7, 11) is 0.571. The van der Waals surface area contributed by atoms with Gasteiger partial charge in [-0.3, -0.25) is 0 Å². The van der Waals surface area contributed by atoms with Gasteiger partial charge in [-0.25, -0.2) is 0 Å². The fourth-order valence-corrected chi connectivity index (χ4v) is 5.51. The zero-order valence-corrected chi connectivity index (χ0v) is 28.2. The first-order valence-corrected chi connectivity index (χ1v) is 19.3. The maximum atomic E-state index is 7.06. The first kappa shape index (κ1) is 31.8. The molecule has 0 spiro atoms. The first-order chi connectivity index (χ1) is 17.4. The lowest BCUT2D eigenvalue weighted by molar-refractivity contribution is 0.324. The van der Waals surface area contributed by atoms with Crippen LogP contribution >= 0.6 is 0 Å². The van der Waals surface area contributed by atoms with E-state index in [9.17, 15) is 0 Å². The Morgan fingerprint density at radius 3 is 1.53 bits per heavy atom. The lowest BCUT2D eigenvalue weighted by atomic mass is 10.0. The monoisotopic (exact) mass is 558 g/mol. The normalized spacial score (nSPS) is 13.0. The van der Waals surface area contributed by atoms with Gasteiger partial charge in [0.05, 0.1) is 21.3 Å². The van der Waals surface area contributed by atoms with Crippen molar-refractivity contribution in [3.63, 3.8) is 0 Å². The number of rotatable bonds is 10. The van der Waals surface area contributed by atoms with E-state index in [1.165, 1.54) is 5.56 Å². The first-order valence-electron chi connectivity index (χ1n) is 13.4. The maximum absolute atomic E-state index is 7.06. The molecular formula is C31H50O5Si2. The van der Waals surface area contributed by atoms with Gasteiger partial charge in [0, 0.05) is 5.56 Å². The average molecular weight is 559 g/mol. The van der Waals surface area contributed by atoms with E-state index in [-0.39, 0.29) is 10.1 Å². The summed E-state index contributed by atoms with van der Waals surface area (Å²) in [5.74, 6) is 3.56. The van der Waals surface area contributed by atoms with Crippen molar-refractivity contribution < 1.29 is 23.1 Å². The standard InChI is InChI=1S/C31H50O5Si2/c1-15-23-18-19-24(17-16-22-20-25(32-8)29(34-10)26(21-22)33-9)28(36-38(13,14)31(5,6)7)27(23)35-37(11,12)30(2,3)4/h16-21H,15H2,1-14H3. The molecule has 0 aromatic heterocycles. The van der Waals surface area contributed by atoms with Crippen LogP contribution in [0.4, 0.5) is 0 Å². The molecule has 0 aliphatic rings. The number of hydrogen-bond donors (Lipinski definition) is 0. The van der Waals surface area contributed by atoms with Gasteiger partial charge < -0.3 is 23.1 Å². The highest BCUT2D eigenvalue weighted by molar-refractivity contribution is 6.75. The van der Waals surface area contributed by atoms with Crippen molar-refractivity contribution in [3.05, 3.63) is 41.0 Å². The molecule has 0 bridgehead atoms. The van der Waals surface area contributed by atoms with Gasteiger partial charge in [-0.05, 0) is 65.9 Å². The number of benzene rings is 2. The highest BCUT2D eigenvalue weighted by Crippen LogP contribution is 2.47. The van der Waals surface area contributed by atoms with E-state index >= 15 is 0 Å². The number of hydrogen-bond acceptors (Lipinski definition) is 5. The summed E-state index contributed by atoms with van der Waals surface area (Å²) in [6, 6.07) is 8.21. The zero-order valence-electron chi connectivity index (χ0n) is 26.2. The molecule has 0 radical (unpaired) electrons. The Kier molecular flexibility index (Phi) is 9.87. The Balaban J connectivity index is 2.77. The summed E-state index contributed by atoms with van der Waals surface area (Å²) in [5, 5.41) is 0.107. The maximum Gasteiger partial charge on any atom is 0.250 e. The summed E-state index contributed by atoms with van der Waals surface area (Å²) in [6.45, 7) is 24.9. The lowest BCUT2D eigenvalue weighted by Crippen LogP contribution is -2.46. The molecule has 2 rings (SSSR count). The van der Waals surface area contributed by atoms with Gasteiger partial charge in [-0.15, -0.1) is 0 Å². The predicted molar refractivity (Wildman–Crippen MR) is 166 cm³/mol. The van der Waals surface area contributed by atoms with Crippen LogP contribution in [0.25, 0.3) is 12.2 Å². The van der Waals surface area contributed by atoms with E-state index in [0.717, 1.165) is 29.0 Å². The van der Waals surface area contributed by atoms with E-state index in [0.29, 0.717) is 17.2 Å². The van der Waals surface area contributed by atoms with Gasteiger partial charge in [0.2, 0.25) is 5.75 Å². The predicted octanol–water partition coefficient (Wildman–Crippen LogP) is 9.21. The molecule has 38 heavy (non-hydrogen) atoms. The Hall–Kier alpha value is -2.39. The molecule has 0 saturated heterocycles. The largest absolute Gasteiger partial charge is 0.541 e. The van der Waals surface area contributed by atoms with Crippen LogP contribution in [0.2, 0.25) is 36.3 Å². The zero-order chi connectivity index (χ0) is 29.1. The van der Waals surface area contributed by atoms with Crippen molar-refractivity contribution in [1.29, 1.82) is 0 Å². The Morgan fingerprint density at radius 1 is 0.658 bits per heavy atom. The van der Waals surface area contributed by atoms with Crippen LogP contribution in [0.15, 0.2) is 24.3 Å². The van der Waals surface area contributed by atoms with Crippen molar-refractivity contribution >= 4 is 28.8 Å². The molecular weight excluding hydrogens is 509 g/mol. The summed E-state index contributed by atoms with van der Waals surface area (Å²) >= 11 is 0. The molecule has 0 atom stereocenters.